The fourth-order valence-corrected chi connectivity index (χ4v) is 3.62. The molecule has 0 saturated heterocycles. The number of benzene rings is 1. The second-order valence-electron chi connectivity index (χ2n) is 8.06. The Morgan fingerprint density at radius 1 is 1.09 bits per heavy atom. The summed E-state index contributed by atoms with van der Waals surface area (Å²) in [5.41, 5.74) is 3.20. The number of H-pyrrole nitrogens is 1. The minimum absolute atomic E-state index is 0.151. The van der Waals surface area contributed by atoms with Crippen LogP contribution < -0.4 is 10.1 Å². The molecule has 7 nitrogen and oxygen atoms in total. The molecule has 0 aliphatic heterocycles. The zero-order chi connectivity index (χ0) is 23.4. The SMILES string of the molecule is COc1cc(-c2nc(C(C)(C)C(=O)NCc3cccnc3)[nH]c2-c2ccncc2)ccc1Cl. The van der Waals surface area contributed by atoms with Crippen molar-refractivity contribution in [1.82, 2.24) is 25.3 Å². The smallest absolute Gasteiger partial charge is 0.233 e. The Kier molecular flexibility index (Phi) is 6.42. The highest BCUT2D eigenvalue weighted by Crippen LogP contribution is 2.36. The second kappa shape index (κ2) is 9.42. The van der Waals surface area contributed by atoms with Crippen molar-refractivity contribution in [2.45, 2.75) is 25.8 Å². The van der Waals surface area contributed by atoms with Crippen LogP contribution in [0.5, 0.6) is 5.75 Å². The molecule has 2 N–H and O–H groups in total. The van der Waals surface area contributed by atoms with E-state index in [2.05, 4.69) is 20.3 Å². The summed E-state index contributed by atoms with van der Waals surface area (Å²) in [7, 11) is 1.57. The normalized spacial score (nSPS) is 11.3. The molecule has 4 rings (SSSR count). The first-order chi connectivity index (χ1) is 15.9. The van der Waals surface area contributed by atoms with E-state index in [1.54, 1.807) is 38.0 Å². The number of nitrogens with zero attached hydrogens (tertiary/aromatic N) is 3. The van der Waals surface area contributed by atoms with Crippen LogP contribution in [0.15, 0.2) is 67.3 Å². The van der Waals surface area contributed by atoms with Gasteiger partial charge in [0.2, 0.25) is 5.91 Å². The molecule has 0 radical (unpaired) electrons. The number of imidazole rings is 1. The van der Waals surface area contributed by atoms with Crippen LogP contribution >= 0.6 is 11.6 Å². The zero-order valence-corrected chi connectivity index (χ0v) is 19.3. The quantitative estimate of drug-likeness (QED) is 0.412. The first kappa shape index (κ1) is 22.5. The first-order valence-electron chi connectivity index (χ1n) is 10.4. The Balaban J connectivity index is 1.72. The van der Waals surface area contributed by atoms with Crippen LogP contribution in [-0.2, 0) is 16.8 Å². The van der Waals surface area contributed by atoms with Gasteiger partial charge in [0, 0.05) is 42.5 Å². The zero-order valence-electron chi connectivity index (χ0n) is 18.6. The molecule has 8 heteroatoms. The Labute approximate surface area is 197 Å². The van der Waals surface area contributed by atoms with Crippen LogP contribution in [0.4, 0.5) is 0 Å². The average Bonchev–Trinajstić information content (AvgIpc) is 3.30. The minimum Gasteiger partial charge on any atom is -0.495 e. The van der Waals surface area contributed by atoms with Crippen LogP contribution in [0.2, 0.25) is 5.02 Å². The van der Waals surface area contributed by atoms with Crippen LogP contribution in [0.3, 0.4) is 0 Å². The van der Waals surface area contributed by atoms with E-state index in [-0.39, 0.29) is 5.91 Å². The summed E-state index contributed by atoms with van der Waals surface area (Å²) in [4.78, 5) is 29.6. The lowest BCUT2D eigenvalue weighted by Gasteiger charge is -2.21. The number of ether oxygens (including phenoxy) is 1. The van der Waals surface area contributed by atoms with Gasteiger partial charge >= 0.3 is 0 Å². The third-order valence-electron chi connectivity index (χ3n) is 5.43. The molecule has 0 spiro atoms. The summed E-state index contributed by atoms with van der Waals surface area (Å²) < 4.78 is 5.39. The van der Waals surface area contributed by atoms with Crippen molar-refractivity contribution in [3.8, 4) is 28.3 Å². The summed E-state index contributed by atoms with van der Waals surface area (Å²) in [5.74, 6) is 0.941. The fourth-order valence-electron chi connectivity index (χ4n) is 3.43. The molecule has 4 aromatic rings. The van der Waals surface area contributed by atoms with Crippen molar-refractivity contribution < 1.29 is 9.53 Å². The summed E-state index contributed by atoms with van der Waals surface area (Å²) in [6, 6.07) is 13.0. The van der Waals surface area contributed by atoms with E-state index in [1.165, 1.54) is 0 Å². The van der Waals surface area contributed by atoms with Gasteiger partial charge in [-0.3, -0.25) is 14.8 Å². The molecule has 33 heavy (non-hydrogen) atoms. The average molecular weight is 462 g/mol. The van der Waals surface area contributed by atoms with Gasteiger partial charge in [-0.2, -0.15) is 0 Å². The third-order valence-corrected chi connectivity index (χ3v) is 5.75. The number of nitrogens with one attached hydrogen (secondary N) is 2. The number of aromatic amines is 1. The number of amides is 1. The molecular weight excluding hydrogens is 438 g/mol. The van der Waals surface area contributed by atoms with Gasteiger partial charge in [-0.25, -0.2) is 4.98 Å². The molecule has 0 unspecified atom stereocenters. The number of hydrogen-bond donors (Lipinski definition) is 2. The molecular formula is C25H24ClN5O2. The van der Waals surface area contributed by atoms with E-state index in [4.69, 9.17) is 21.3 Å². The number of rotatable bonds is 7. The number of halogens is 1. The van der Waals surface area contributed by atoms with Crippen LogP contribution in [0, 0.1) is 0 Å². The maximum Gasteiger partial charge on any atom is 0.233 e. The van der Waals surface area contributed by atoms with Crippen molar-refractivity contribution in [2.75, 3.05) is 7.11 Å². The molecule has 3 heterocycles. The minimum atomic E-state index is -0.918. The third kappa shape index (κ3) is 4.73. The summed E-state index contributed by atoms with van der Waals surface area (Å²) in [6.07, 6.45) is 6.86. The van der Waals surface area contributed by atoms with Crippen molar-refractivity contribution >= 4 is 17.5 Å². The molecule has 1 amide bonds. The number of hydrogen-bond acceptors (Lipinski definition) is 5. The van der Waals surface area contributed by atoms with Gasteiger partial charge in [0.1, 0.15) is 17.0 Å². The summed E-state index contributed by atoms with van der Waals surface area (Å²) in [6.45, 7) is 4.06. The Hall–Kier alpha value is -3.71. The molecule has 0 aliphatic rings. The highest BCUT2D eigenvalue weighted by molar-refractivity contribution is 6.32. The fraction of sp³-hybridized carbons (Fsp3) is 0.200. The van der Waals surface area contributed by atoms with Crippen LogP contribution in [0.1, 0.15) is 25.2 Å². The van der Waals surface area contributed by atoms with Crippen LogP contribution in [0.25, 0.3) is 22.5 Å². The van der Waals surface area contributed by atoms with Crippen molar-refractivity contribution in [1.29, 1.82) is 0 Å². The first-order valence-corrected chi connectivity index (χ1v) is 10.8. The Bertz CT molecular complexity index is 1260. The van der Waals surface area contributed by atoms with Gasteiger partial charge in [-0.05, 0) is 49.7 Å². The van der Waals surface area contributed by atoms with Gasteiger partial charge in [0.25, 0.3) is 0 Å². The van der Waals surface area contributed by atoms with Crippen molar-refractivity contribution in [3.05, 3.63) is 83.7 Å². The highest BCUT2D eigenvalue weighted by atomic mass is 35.5. The Morgan fingerprint density at radius 2 is 1.88 bits per heavy atom. The van der Waals surface area contributed by atoms with Gasteiger partial charge in [0.05, 0.1) is 23.5 Å². The molecule has 0 atom stereocenters. The predicted molar refractivity (Wildman–Crippen MR) is 128 cm³/mol. The largest absolute Gasteiger partial charge is 0.495 e. The maximum absolute atomic E-state index is 13.1. The molecule has 0 fully saturated rings. The maximum atomic E-state index is 13.1. The standard InChI is InChI=1S/C25H24ClN5O2/c1-25(2,24(32)29-15-16-5-4-10-28-14-16)23-30-21(17-8-11-27-12-9-17)22(31-23)18-6-7-19(26)20(13-18)33-3/h4-14H,15H2,1-3H3,(H,29,32)(H,30,31). The number of aromatic nitrogens is 4. The number of carbonyl (C=O) groups excluding carboxylic acids is 1. The lowest BCUT2D eigenvalue weighted by atomic mass is 9.91. The summed E-state index contributed by atoms with van der Waals surface area (Å²) >= 11 is 6.23. The number of carbonyl (C=O) groups is 1. The van der Waals surface area contributed by atoms with Gasteiger partial charge < -0.3 is 15.0 Å². The molecule has 168 valence electrons. The van der Waals surface area contributed by atoms with Crippen LogP contribution in [-0.4, -0.2) is 33.0 Å². The lowest BCUT2D eigenvalue weighted by Crippen LogP contribution is -2.40. The predicted octanol–water partition coefficient (Wildman–Crippen LogP) is 4.79. The molecule has 3 aromatic heterocycles. The van der Waals surface area contributed by atoms with E-state index in [0.717, 1.165) is 22.4 Å². The van der Waals surface area contributed by atoms with Crippen molar-refractivity contribution in [3.63, 3.8) is 0 Å². The van der Waals surface area contributed by atoms with E-state index in [1.807, 2.05) is 50.2 Å². The van der Waals surface area contributed by atoms with Gasteiger partial charge in [-0.15, -0.1) is 0 Å². The Morgan fingerprint density at radius 3 is 2.58 bits per heavy atom. The molecule has 0 bridgehead atoms. The lowest BCUT2D eigenvalue weighted by molar-refractivity contribution is -0.126. The van der Waals surface area contributed by atoms with Gasteiger partial charge in [0.15, 0.2) is 0 Å². The van der Waals surface area contributed by atoms with E-state index < -0.39 is 5.41 Å². The second-order valence-corrected chi connectivity index (χ2v) is 8.47. The molecule has 1 aromatic carbocycles. The van der Waals surface area contributed by atoms with E-state index in [0.29, 0.717) is 28.8 Å². The van der Waals surface area contributed by atoms with Crippen molar-refractivity contribution in [2.24, 2.45) is 0 Å². The molecule has 0 saturated carbocycles. The summed E-state index contributed by atoms with van der Waals surface area (Å²) in [5, 5.41) is 3.50. The topological polar surface area (TPSA) is 92.8 Å². The molecule has 0 aliphatic carbocycles. The number of methoxy groups -OCH3 is 1. The monoisotopic (exact) mass is 461 g/mol. The van der Waals surface area contributed by atoms with Gasteiger partial charge in [-0.1, -0.05) is 23.7 Å². The van der Waals surface area contributed by atoms with E-state index >= 15 is 0 Å². The van der Waals surface area contributed by atoms with E-state index in [9.17, 15) is 4.79 Å². The highest BCUT2D eigenvalue weighted by Gasteiger charge is 2.34. The number of pyridine rings is 2.